The van der Waals surface area contributed by atoms with Gasteiger partial charge in [0, 0.05) is 29.8 Å². The Kier molecular flexibility index (Phi) is 8.29. The number of carbonyl (C=O) groups excluding carboxylic acids is 2. The molecule has 0 unspecified atom stereocenters. The van der Waals surface area contributed by atoms with Gasteiger partial charge < -0.3 is 15.0 Å². The van der Waals surface area contributed by atoms with E-state index in [1.54, 1.807) is 16.7 Å². The van der Waals surface area contributed by atoms with Gasteiger partial charge in [0.15, 0.2) is 0 Å². The molecule has 0 fully saturated rings. The molecule has 0 atom stereocenters. The van der Waals surface area contributed by atoms with Gasteiger partial charge in [-0.05, 0) is 39.8 Å². The second kappa shape index (κ2) is 9.70. The van der Waals surface area contributed by atoms with Gasteiger partial charge in [-0.1, -0.05) is 26.0 Å². The Hall–Kier alpha value is -1.69. The fourth-order valence-electron chi connectivity index (χ4n) is 2.12. The Morgan fingerprint density at radius 1 is 1.24 bits per heavy atom. The van der Waals surface area contributed by atoms with E-state index >= 15 is 0 Å². The van der Waals surface area contributed by atoms with E-state index in [9.17, 15) is 9.59 Å². The van der Waals surface area contributed by atoms with Gasteiger partial charge in [-0.2, -0.15) is 0 Å². The highest BCUT2D eigenvalue weighted by Crippen LogP contribution is 2.26. The number of amides is 2. The van der Waals surface area contributed by atoms with Crippen LogP contribution in [0.15, 0.2) is 29.2 Å². The molecule has 6 heteroatoms. The molecular formula is C19H30N2O3S. The van der Waals surface area contributed by atoms with Crippen molar-refractivity contribution in [2.75, 3.05) is 19.6 Å². The molecule has 25 heavy (non-hydrogen) atoms. The first-order valence-electron chi connectivity index (χ1n) is 8.66. The summed E-state index contributed by atoms with van der Waals surface area (Å²) >= 11 is 1.66. The van der Waals surface area contributed by atoms with Crippen molar-refractivity contribution >= 4 is 23.8 Å². The van der Waals surface area contributed by atoms with E-state index in [2.05, 4.69) is 19.2 Å². The van der Waals surface area contributed by atoms with Crippen molar-refractivity contribution < 1.29 is 14.3 Å². The van der Waals surface area contributed by atoms with Crippen molar-refractivity contribution in [3.05, 3.63) is 29.8 Å². The number of benzene rings is 1. The lowest BCUT2D eigenvalue weighted by Gasteiger charge is -2.26. The molecule has 0 aromatic heterocycles. The smallest absolute Gasteiger partial charge is 0.410 e. The molecule has 1 rings (SSSR count). The number of carbonyl (C=O) groups is 2. The zero-order valence-corrected chi connectivity index (χ0v) is 16.9. The van der Waals surface area contributed by atoms with E-state index in [-0.39, 0.29) is 12.0 Å². The SMILES string of the molecule is CCN(CCNC(=O)c1ccccc1SC(C)C)C(=O)OC(C)(C)C. The predicted molar refractivity (Wildman–Crippen MR) is 103 cm³/mol. The van der Waals surface area contributed by atoms with Crippen LogP contribution in [0.4, 0.5) is 4.79 Å². The van der Waals surface area contributed by atoms with Crippen molar-refractivity contribution in [1.82, 2.24) is 10.2 Å². The van der Waals surface area contributed by atoms with Gasteiger partial charge in [-0.3, -0.25) is 4.79 Å². The zero-order valence-electron chi connectivity index (χ0n) is 16.1. The first-order chi connectivity index (χ1) is 11.6. The van der Waals surface area contributed by atoms with Crippen LogP contribution in [0.25, 0.3) is 0 Å². The van der Waals surface area contributed by atoms with Crippen molar-refractivity contribution in [2.24, 2.45) is 0 Å². The lowest BCUT2D eigenvalue weighted by atomic mass is 10.2. The molecule has 0 radical (unpaired) electrons. The van der Waals surface area contributed by atoms with Crippen LogP contribution in [0.5, 0.6) is 0 Å². The molecule has 140 valence electrons. The number of nitrogens with one attached hydrogen (secondary N) is 1. The van der Waals surface area contributed by atoms with Crippen LogP contribution >= 0.6 is 11.8 Å². The van der Waals surface area contributed by atoms with E-state index in [1.165, 1.54) is 0 Å². The van der Waals surface area contributed by atoms with Crippen LogP contribution in [-0.4, -0.2) is 47.4 Å². The molecule has 1 N–H and O–H groups in total. The van der Waals surface area contributed by atoms with Crippen LogP contribution in [0.2, 0.25) is 0 Å². The van der Waals surface area contributed by atoms with Gasteiger partial charge in [-0.15, -0.1) is 11.8 Å². The molecule has 0 saturated carbocycles. The third-order valence-electron chi connectivity index (χ3n) is 3.20. The maximum atomic E-state index is 12.5. The topological polar surface area (TPSA) is 58.6 Å². The van der Waals surface area contributed by atoms with Crippen molar-refractivity contribution in [2.45, 2.75) is 57.3 Å². The summed E-state index contributed by atoms with van der Waals surface area (Å²) in [5.41, 5.74) is 0.141. The molecule has 0 bridgehead atoms. The average molecular weight is 367 g/mol. The summed E-state index contributed by atoms with van der Waals surface area (Å²) in [6.45, 7) is 12.9. The summed E-state index contributed by atoms with van der Waals surface area (Å²) in [6.07, 6.45) is -0.361. The third-order valence-corrected chi connectivity index (χ3v) is 4.28. The minimum Gasteiger partial charge on any atom is -0.444 e. The average Bonchev–Trinajstić information content (AvgIpc) is 2.49. The van der Waals surface area contributed by atoms with Gasteiger partial charge in [-0.25, -0.2) is 4.79 Å². The maximum absolute atomic E-state index is 12.5. The summed E-state index contributed by atoms with van der Waals surface area (Å²) < 4.78 is 5.37. The third kappa shape index (κ3) is 7.82. The highest BCUT2D eigenvalue weighted by atomic mass is 32.2. The monoisotopic (exact) mass is 366 g/mol. The fraction of sp³-hybridized carbons (Fsp3) is 0.579. The summed E-state index contributed by atoms with van der Waals surface area (Å²) in [7, 11) is 0. The second-order valence-electron chi connectivity index (χ2n) is 6.98. The van der Waals surface area contributed by atoms with E-state index in [0.717, 1.165) is 4.90 Å². The van der Waals surface area contributed by atoms with E-state index in [4.69, 9.17) is 4.74 Å². The predicted octanol–water partition coefficient (Wildman–Crippen LogP) is 4.17. The summed E-state index contributed by atoms with van der Waals surface area (Å²) in [6, 6.07) is 7.57. The van der Waals surface area contributed by atoms with Crippen LogP contribution in [0.3, 0.4) is 0 Å². The molecule has 5 nitrogen and oxygen atoms in total. The van der Waals surface area contributed by atoms with E-state index in [0.29, 0.717) is 30.4 Å². The zero-order chi connectivity index (χ0) is 19.0. The molecule has 2 amide bonds. The fourth-order valence-corrected chi connectivity index (χ4v) is 3.07. The number of ether oxygens (including phenoxy) is 1. The summed E-state index contributed by atoms with van der Waals surface area (Å²) in [4.78, 5) is 27.1. The van der Waals surface area contributed by atoms with Crippen molar-refractivity contribution in [3.63, 3.8) is 0 Å². The number of nitrogens with zero attached hydrogens (tertiary/aromatic N) is 1. The number of hydrogen-bond acceptors (Lipinski definition) is 4. The Morgan fingerprint density at radius 2 is 1.88 bits per heavy atom. The molecule has 0 aliphatic rings. The molecular weight excluding hydrogens is 336 g/mol. The van der Waals surface area contributed by atoms with Crippen LogP contribution in [0, 0.1) is 0 Å². The van der Waals surface area contributed by atoms with E-state index < -0.39 is 5.60 Å². The van der Waals surface area contributed by atoms with Gasteiger partial charge in [0.1, 0.15) is 5.60 Å². The van der Waals surface area contributed by atoms with Crippen molar-refractivity contribution in [1.29, 1.82) is 0 Å². The van der Waals surface area contributed by atoms with Gasteiger partial charge in [0.05, 0.1) is 5.56 Å². The molecule has 0 spiro atoms. The Balaban J connectivity index is 2.60. The lowest BCUT2D eigenvalue weighted by Crippen LogP contribution is -2.41. The molecule has 1 aromatic carbocycles. The second-order valence-corrected chi connectivity index (χ2v) is 8.60. The molecule has 0 saturated heterocycles. The van der Waals surface area contributed by atoms with Crippen LogP contribution in [-0.2, 0) is 4.74 Å². The Morgan fingerprint density at radius 3 is 2.44 bits per heavy atom. The first-order valence-corrected chi connectivity index (χ1v) is 9.53. The van der Waals surface area contributed by atoms with Crippen molar-refractivity contribution in [3.8, 4) is 0 Å². The minimum absolute atomic E-state index is 0.121. The highest BCUT2D eigenvalue weighted by molar-refractivity contribution is 8.00. The summed E-state index contributed by atoms with van der Waals surface area (Å²) in [5, 5.41) is 3.29. The molecule has 0 aliphatic carbocycles. The maximum Gasteiger partial charge on any atom is 0.410 e. The van der Waals surface area contributed by atoms with Gasteiger partial charge >= 0.3 is 6.09 Å². The number of thioether (sulfide) groups is 1. The van der Waals surface area contributed by atoms with Gasteiger partial charge in [0.25, 0.3) is 5.91 Å². The molecule has 1 aromatic rings. The standard InChI is InChI=1S/C19H30N2O3S/c1-7-21(18(23)24-19(4,5)6)13-12-20-17(22)15-10-8-9-11-16(15)25-14(2)3/h8-11,14H,7,12-13H2,1-6H3,(H,20,22). The molecule has 0 aliphatic heterocycles. The highest BCUT2D eigenvalue weighted by Gasteiger charge is 2.21. The summed E-state index contributed by atoms with van der Waals surface area (Å²) in [5.74, 6) is -0.121. The quantitative estimate of drug-likeness (QED) is 0.736. The Labute approximate surface area is 155 Å². The van der Waals surface area contributed by atoms with Gasteiger partial charge in [0.2, 0.25) is 0 Å². The first kappa shape index (κ1) is 21.4. The largest absolute Gasteiger partial charge is 0.444 e. The van der Waals surface area contributed by atoms with Crippen LogP contribution < -0.4 is 5.32 Å². The van der Waals surface area contributed by atoms with Crippen LogP contribution in [0.1, 0.15) is 51.9 Å². The number of rotatable bonds is 7. The minimum atomic E-state index is -0.527. The molecule has 0 heterocycles. The lowest BCUT2D eigenvalue weighted by molar-refractivity contribution is 0.0261. The normalized spacial score (nSPS) is 11.3. The Bertz CT molecular complexity index is 582. The van der Waals surface area contributed by atoms with E-state index in [1.807, 2.05) is 52.0 Å². The number of likely N-dealkylation sites (N-methyl/N-ethyl adjacent to an activating group) is 1. The number of hydrogen-bond donors (Lipinski definition) is 1.